The third kappa shape index (κ3) is 2.00. The van der Waals surface area contributed by atoms with Gasteiger partial charge in [-0.1, -0.05) is 18.2 Å². The first-order valence-electron chi connectivity index (χ1n) is 6.80. The van der Waals surface area contributed by atoms with Crippen LogP contribution in [0.25, 0.3) is 22.0 Å². The highest BCUT2D eigenvalue weighted by atomic mass is 19.1. The van der Waals surface area contributed by atoms with Gasteiger partial charge in [0.15, 0.2) is 0 Å². The molecule has 4 rings (SSSR count). The summed E-state index contributed by atoms with van der Waals surface area (Å²) in [5.41, 5.74) is 2.26. The van der Waals surface area contributed by atoms with Crippen LogP contribution in [0.1, 0.15) is 5.56 Å². The molecule has 0 amide bonds. The van der Waals surface area contributed by atoms with Gasteiger partial charge in [0, 0.05) is 22.7 Å². The Labute approximate surface area is 125 Å². The van der Waals surface area contributed by atoms with Crippen molar-refractivity contribution in [1.29, 1.82) is 0 Å². The number of benzene rings is 2. The molecule has 1 aliphatic rings. The zero-order valence-corrected chi connectivity index (χ0v) is 11.4. The minimum absolute atomic E-state index is 0.189. The largest absolute Gasteiger partial charge is 0.491 e. The molecular formula is C16H10BF2NO2. The van der Waals surface area contributed by atoms with Crippen molar-refractivity contribution in [2.24, 2.45) is 0 Å². The van der Waals surface area contributed by atoms with E-state index in [2.05, 4.69) is 4.98 Å². The molecule has 2 aromatic carbocycles. The van der Waals surface area contributed by atoms with Crippen molar-refractivity contribution in [2.45, 2.75) is 6.61 Å². The summed E-state index contributed by atoms with van der Waals surface area (Å²) in [5, 5.41) is 10.3. The van der Waals surface area contributed by atoms with Crippen molar-refractivity contribution in [3.63, 3.8) is 0 Å². The quantitative estimate of drug-likeness (QED) is 0.701. The third-order valence-electron chi connectivity index (χ3n) is 3.86. The predicted octanol–water partition coefficient (Wildman–Crippen LogP) is 2.40. The average molecular weight is 297 g/mol. The molecule has 6 heteroatoms. The van der Waals surface area contributed by atoms with E-state index in [1.807, 2.05) is 0 Å². The lowest BCUT2D eigenvalue weighted by Gasteiger charge is -2.08. The Hall–Kier alpha value is -2.31. The Balaban J connectivity index is 1.90. The molecule has 1 aliphatic heterocycles. The molecule has 2 heterocycles. The normalized spacial score (nSPS) is 13.7. The lowest BCUT2D eigenvalue weighted by molar-refractivity contribution is 0.275. The SMILES string of the molecule is OB1OCc2cc(F)c(-c3cnc4c(F)cccc4c3)cc21. The van der Waals surface area contributed by atoms with Crippen LogP contribution in [0.3, 0.4) is 0 Å². The maximum Gasteiger partial charge on any atom is 0.491 e. The molecule has 0 saturated carbocycles. The highest BCUT2D eigenvalue weighted by Crippen LogP contribution is 2.27. The molecule has 0 spiro atoms. The molecule has 22 heavy (non-hydrogen) atoms. The summed E-state index contributed by atoms with van der Waals surface area (Å²) in [5.74, 6) is -0.837. The minimum atomic E-state index is -1.04. The molecule has 0 bridgehead atoms. The minimum Gasteiger partial charge on any atom is -0.423 e. The molecule has 1 N–H and O–H groups in total. The summed E-state index contributed by atoms with van der Waals surface area (Å²) in [6.07, 6.45) is 1.43. The first-order valence-corrected chi connectivity index (χ1v) is 6.80. The second-order valence-corrected chi connectivity index (χ2v) is 5.23. The van der Waals surface area contributed by atoms with Crippen LogP contribution in [0, 0.1) is 11.6 Å². The summed E-state index contributed by atoms with van der Waals surface area (Å²) < 4.78 is 33.0. The van der Waals surface area contributed by atoms with Gasteiger partial charge in [0.2, 0.25) is 0 Å². The van der Waals surface area contributed by atoms with Gasteiger partial charge < -0.3 is 9.68 Å². The first kappa shape index (κ1) is 13.4. The number of halogens is 2. The number of para-hydroxylation sites is 1. The van der Waals surface area contributed by atoms with Gasteiger partial charge >= 0.3 is 7.12 Å². The second-order valence-electron chi connectivity index (χ2n) is 5.23. The third-order valence-corrected chi connectivity index (χ3v) is 3.86. The van der Waals surface area contributed by atoms with Crippen LogP contribution < -0.4 is 5.46 Å². The van der Waals surface area contributed by atoms with E-state index in [4.69, 9.17) is 4.65 Å². The Kier molecular flexibility index (Phi) is 2.95. The standard InChI is InChI=1S/C16H10BF2NO2/c18-14-3-1-2-9-4-10(7-20-16(9)14)12-6-13-11(5-15(12)19)8-22-17(13)21/h1-7,21H,8H2. The van der Waals surface area contributed by atoms with E-state index in [9.17, 15) is 13.8 Å². The van der Waals surface area contributed by atoms with E-state index < -0.39 is 18.8 Å². The molecule has 0 saturated heterocycles. The topological polar surface area (TPSA) is 42.4 Å². The Bertz CT molecular complexity index is 901. The Morgan fingerprint density at radius 3 is 2.86 bits per heavy atom. The number of hydrogen-bond donors (Lipinski definition) is 1. The van der Waals surface area contributed by atoms with Crippen molar-refractivity contribution in [1.82, 2.24) is 4.98 Å². The van der Waals surface area contributed by atoms with Crippen LogP contribution in [0.2, 0.25) is 0 Å². The molecular weight excluding hydrogens is 287 g/mol. The predicted molar refractivity (Wildman–Crippen MR) is 79.5 cm³/mol. The van der Waals surface area contributed by atoms with E-state index in [0.29, 0.717) is 27.5 Å². The second kappa shape index (κ2) is 4.86. The number of hydrogen-bond acceptors (Lipinski definition) is 3. The van der Waals surface area contributed by atoms with E-state index >= 15 is 0 Å². The Morgan fingerprint density at radius 2 is 2.00 bits per heavy atom. The summed E-state index contributed by atoms with van der Waals surface area (Å²) in [7, 11) is -1.04. The van der Waals surface area contributed by atoms with Gasteiger partial charge in [-0.15, -0.1) is 0 Å². The molecule has 3 aromatic rings. The maximum atomic E-state index is 14.3. The number of aromatic nitrogens is 1. The van der Waals surface area contributed by atoms with Crippen LogP contribution in [-0.4, -0.2) is 17.1 Å². The average Bonchev–Trinajstić information content (AvgIpc) is 2.87. The van der Waals surface area contributed by atoms with E-state index in [1.54, 1.807) is 24.3 Å². The van der Waals surface area contributed by atoms with Gasteiger partial charge in [0.1, 0.15) is 17.2 Å². The van der Waals surface area contributed by atoms with Gasteiger partial charge in [0.25, 0.3) is 0 Å². The summed E-state index contributed by atoms with van der Waals surface area (Å²) in [6.45, 7) is 0.189. The van der Waals surface area contributed by atoms with E-state index in [1.165, 1.54) is 18.3 Å². The first-order chi connectivity index (χ1) is 10.6. The Morgan fingerprint density at radius 1 is 1.14 bits per heavy atom. The fourth-order valence-corrected chi connectivity index (χ4v) is 2.74. The summed E-state index contributed by atoms with van der Waals surface area (Å²) in [4.78, 5) is 4.08. The van der Waals surface area contributed by atoms with Crippen molar-refractivity contribution in [3.8, 4) is 11.1 Å². The fourth-order valence-electron chi connectivity index (χ4n) is 2.74. The van der Waals surface area contributed by atoms with Crippen molar-refractivity contribution >= 4 is 23.5 Å². The number of rotatable bonds is 1. The monoisotopic (exact) mass is 297 g/mol. The maximum absolute atomic E-state index is 14.3. The van der Waals surface area contributed by atoms with Crippen LogP contribution in [0.15, 0.2) is 42.6 Å². The highest BCUT2D eigenvalue weighted by molar-refractivity contribution is 6.61. The number of fused-ring (bicyclic) bond motifs is 2. The van der Waals surface area contributed by atoms with Crippen LogP contribution in [0.4, 0.5) is 8.78 Å². The molecule has 0 unspecified atom stereocenters. The summed E-state index contributed by atoms with van der Waals surface area (Å²) >= 11 is 0. The van der Waals surface area contributed by atoms with Gasteiger partial charge in [-0.2, -0.15) is 0 Å². The van der Waals surface area contributed by atoms with Crippen LogP contribution in [-0.2, 0) is 11.3 Å². The lowest BCUT2D eigenvalue weighted by atomic mass is 9.78. The molecule has 1 aromatic heterocycles. The lowest BCUT2D eigenvalue weighted by Crippen LogP contribution is -2.28. The van der Waals surface area contributed by atoms with Gasteiger partial charge in [0.05, 0.1) is 6.61 Å². The van der Waals surface area contributed by atoms with Crippen molar-refractivity contribution in [2.75, 3.05) is 0 Å². The zero-order chi connectivity index (χ0) is 15.3. The van der Waals surface area contributed by atoms with Gasteiger partial charge in [-0.05, 0) is 29.2 Å². The zero-order valence-electron chi connectivity index (χ0n) is 11.4. The number of nitrogens with zero attached hydrogens (tertiary/aromatic N) is 1. The number of pyridine rings is 1. The van der Waals surface area contributed by atoms with Crippen LogP contribution >= 0.6 is 0 Å². The van der Waals surface area contributed by atoms with Crippen molar-refractivity contribution in [3.05, 3.63) is 59.8 Å². The highest BCUT2D eigenvalue weighted by Gasteiger charge is 2.29. The molecule has 0 radical (unpaired) electrons. The van der Waals surface area contributed by atoms with E-state index in [-0.39, 0.29) is 12.1 Å². The van der Waals surface area contributed by atoms with Gasteiger partial charge in [-0.3, -0.25) is 4.98 Å². The molecule has 0 atom stereocenters. The fraction of sp³-hybridized carbons (Fsp3) is 0.0625. The molecule has 108 valence electrons. The van der Waals surface area contributed by atoms with Crippen LogP contribution in [0.5, 0.6) is 0 Å². The van der Waals surface area contributed by atoms with Gasteiger partial charge in [-0.25, -0.2) is 8.78 Å². The van der Waals surface area contributed by atoms with E-state index in [0.717, 1.165) is 0 Å². The van der Waals surface area contributed by atoms with Crippen molar-refractivity contribution < 1.29 is 18.5 Å². The smallest absolute Gasteiger partial charge is 0.423 e. The molecule has 0 fully saturated rings. The molecule has 0 aliphatic carbocycles. The summed E-state index contributed by atoms with van der Waals surface area (Å²) in [6, 6.07) is 9.23. The molecule has 3 nitrogen and oxygen atoms in total.